The van der Waals surface area contributed by atoms with E-state index in [9.17, 15) is 4.79 Å². The number of H-pyrrole nitrogens is 1. The number of hydrogen-bond donors (Lipinski definition) is 3. The highest BCUT2D eigenvalue weighted by molar-refractivity contribution is 8.00. The third-order valence-corrected chi connectivity index (χ3v) is 4.46. The van der Waals surface area contributed by atoms with Gasteiger partial charge in [-0.1, -0.05) is 17.8 Å². The smallest absolute Gasteiger partial charge is 0.237 e. The van der Waals surface area contributed by atoms with E-state index in [2.05, 4.69) is 32.6 Å². The number of nitrogen functional groups attached to an aromatic ring is 1. The number of carbonyl (C=O) groups excluding carboxylic acids is 1. The minimum atomic E-state index is -0.298. The van der Waals surface area contributed by atoms with Gasteiger partial charge in [0, 0.05) is 5.69 Å². The number of anilines is 2. The van der Waals surface area contributed by atoms with Gasteiger partial charge >= 0.3 is 0 Å². The number of aromatic amines is 1. The number of aryl methyl sites for hydroxylation is 2. The monoisotopic (exact) mass is 303 g/mol. The van der Waals surface area contributed by atoms with Gasteiger partial charge in [-0.2, -0.15) is 4.98 Å². The predicted octanol–water partition coefficient (Wildman–Crippen LogP) is 1.99. The van der Waals surface area contributed by atoms with Crippen molar-refractivity contribution in [2.24, 2.45) is 0 Å². The number of hydrogen-bond acceptors (Lipinski definition) is 5. The van der Waals surface area contributed by atoms with Crippen molar-refractivity contribution >= 4 is 29.3 Å². The van der Waals surface area contributed by atoms with Crippen molar-refractivity contribution < 1.29 is 4.79 Å². The second-order valence-corrected chi connectivity index (χ2v) is 6.40. The zero-order chi connectivity index (χ0) is 14.8. The van der Waals surface area contributed by atoms with Crippen LogP contribution in [0.15, 0.2) is 23.4 Å². The highest BCUT2D eigenvalue weighted by atomic mass is 32.2. The number of nitrogens with zero attached hydrogens (tertiary/aromatic N) is 2. The van der Waals surface area contributed by atoms with Crippen LogP contribution in [0.4, 0.5) is 11.6 Å². The molecule has 1 atom stereocenters. The van der Waals surface area contributed by atoms with Crippen LogP contribution in [0.25, 0.3) is 0 Å². The molecule has 1 aromatic carbocycles. The molecule has 6 nitrogen and oxygen atoms in total. The molecule has 0 spiro atoms. The molecule has 0 radical (unpaired) electrons. The lowest BCUT2D eigenvalue weighted by Gasteiger charge is -2.11. The predicted molar refractivity (Wildman–Crippen MR) is 83.2 cm³/mol. The van der Waals surface area contributed by atoms with Crippen LogP contribution < -0.4 is 11.1 Å². The number of carbonyl (C=O) groups is 1. The molecule has 0 aliphatic heterocycles. The van der Waals surface area contributed by atoms with Crippen molar-refractivity contribution in [1.82, 2.24) is 15.2 Å². The van der Waals surface area contributed by atoms with Crippen LogP contribution in [0.3, 0.4) is 0 Å². The summed E-state index contributed by atoms with van der Waals surface area (Å²) in [4.78, 5) is 16.2. The number of rotatable bonds is 4. The molecule has 7 heteroatoms. The van der Waals surface area contributed by atoms with E-state index in [1.54, 1.807) is 0 Å². The fourth-order valence-electron chi connectivity index (χ4n) is 2.42. The molecular formula is C14H17N5OS. The average Bonchev–Trinajstić information content (AvgIpc) is 3.07. The summed E-state index contributed by atoms with van der Waals surface area (Å²) in [7, 11) is 0. The first-order chi connectivity index (χ1) is 10.1. The Morgan fingerprint density at radius 1 is 1.43 bits per heavy atom. The van der Waals surface area contributed by atoms with Gasteiger partial charge in [-0.15, -0.1) is 5.10 Å². The summed E-state index contributed by atoms with van der Waals surface area (Å²) in [5.41, 5.74) is 9.05. The molecule has 3 rings (SSSR count). The largest absolute Gasteiger partial charge is 0.368 e. The highest BCUT2D eigenvalue weighted by Gasteiger charge is 2.18. The van der Waals surface area contributed by atoms with E-state index in [4.69, 9.17) is 5.73 Å². The molecule has 0 saturated carbocycles. The third-order valence-electron chi connectivity index (χ3n) is 3.50. The number of fused-ring (bicyclic) bond motifs is 1. The van der Waals surface area contributed by atoms with Gasteiger partial charge in [-0.3, -0.25) is 4.79 Å². The van der Waals surface area contributed by atoms with Crippen molar-refractivity contribution in [3.05, 3.63) is 29.3 Å². The lowest BCUT2D eigenvalue weighted by atomic mass is 10.1. The molecule has 0 fully saturated rings. The number of nitrogens with one attached hydrogen (secondary N) is 2. The first kappa shape index (κ1) is 13.9. The molecule has 1 aliphatic rings. The lowest BCUT2D eigenvalue weighted by Crippen LogP contribution is -2.22. The van der Waals surface area contributed by atoms with Gasteiger partial charge in [0.25, 0.3) is 0 Å². The molecule has 21 heavy (non-hydrogen) atoms. The maximum absolute atomic E-state index is 12.2. The molecule has 4 N–H and O–H groups in total. The molecule has 110 valence electrons. The second-order valence-electron chi connectivity index (χ2n) is 5.09. The number of amides is 1. The molecule has 1 aliphatic carbocycles. The Labute approximate surface area is 126 Å². The quantitative estimate of drug-likeness (QED) is 0.751. The number of nitrogens with two attached hydrogens (primary N) is 1. The fourth-order valence-corrected chi connectivity index (χ4v) is 3.15. The summed E-state index contributed by atoms with van der Waals surface area (Å²) in [5.74, 6) is 0.185. The zero-order valence-corrected chi connectivity index (χ0v) is 12.5. The van der Waals surface area contributed by atoms with E-state index >= 15 is 0 Å². The maximum atomic E-state index is 12.2. The van der Waals surface area contributed by atoms with E-state index in [-0.39, 0.29) is 17.1 Å². The number of benzene rings is 1. The highest BCUT2D eigenvalue weighted by Crippen LogP contribution is 2.26. The Kier molecular flexibility index (Phi) is 3.83. The summed E-state index contributed by atoms with van der Waals surface area (Å²) in [5, 5.41) is 9.59. The first-order valence-electron chi connectivity index (χ1n) is 6.89. The van der Waals surface area contributed by atoms with E-state index in [0.29, 0.717) is 5.16 Å². The van der Waals surface area contributed by atoms with Gasteiger partial charge < -0.3 is 11.1 Å². The van der Waals surface area contributed by atoms with E-state index in [1.807, 2.05) is 13.0 Å². The second kappa shape index (κ2) is 5.77. The average molecular weight is 303 g/mol. The van der Waals surface area contributed by atoms with E-state index in [1.165, 1.54) is 29.3 Å². The van der Waals surface area contributed by atoms with Crippen LogP contribution in [-0.2, 0) is 17.6 Å². The standard InChI is InChI=1S/C14H17N5OS/c1-8(21-14-17-13(15)18-19-14)12(20)16-11-6-5-9-3-2-4-10(9)7-11/h5-8H,2-4H2,1H3,(H,16,20)(H3,15,17,18,19)/t8-/m1/s1. The van der Waals surface area contributed by atoms with Crippen molar-refractivity contribution in [3.8, 4) is 0 Å². The molecule has 0 saturated heterocycles. The van der Waals surface area contributed by atoms with Crippen molar-refractivity contribution in [2.45, 2.75) is 36.6 Å². The minimum Gasteiger partial charge on any atom is -0.368 e. The summed E-state index contributed by atoms with van der Waals surface area (Å²) in [6.45, 7) is 1.82. The van der Waals surface area contributed by atoms with Crippen LogP contribution in [0.1, 0.15) is 24.5 Å². The summed E-state index contributed by atoms with van der Waals surface area (Å²) >= 11 is 1.27. The zero-order valence-electron chi connectivity index (χ0n) is 11.7. The summed E-state index contributed by atoms with van der Waals surface area (Å²) in [6, 6.07) is 6.14. The van der Waals surface area contributed by atoms with Crippen molar-refractivity contribution in [3.63, 3.8) is 0 Å². The Morgan fingerprint density at radius 3 is 3.00 bits per heavy atom. The van der Waals surface area contributed by atoms with Gasteiger partial charge in [0.1, 0.15) is 0 Å². The molecular weight excluding hydrogens is 286 g/mol. The molecule has 1 aromatic heterocycles. The Balaban J connectivity index is 1.63. The maximum Gasteiger partial charge on any atom is 0.237 e. The Bertz CT molecular complexity index is 669. The van der Waals surface area contributed by atoms with E-state index in [0.717, 1.165) is 18.5 Å². The van der Waals surface area contributed by atoms with Gasteiger partial charge in [0.05, 0.1) is 5.25 Å². The Morgan fingerprint density at radius 2 is 2.24 bits per heavy atom. The SMILES string of the molecule is C[C@@H](Sc1n[nH]c(N)n1)C(=O)Nc1ccc2c(c1)CCC2. The lowest BCUT2D eigenvalue weighted by molar-refractivity contribution is -0.115. The number of thioether (sulfide) groups is 1. The van der Waals surface area contributed by atoms with Gasteiger partial charge in [-0.25, -0.2) is 5.10 Å². The Hall–Kier alpha value is -2.02. The summed E-state index contributed by atoms with van der Waals surface area (Å²) in [6.07, 6.45) is 3.44. The minimum absolute atomic E-state index is 0.0682. The van der Waals surface area contributed by atoms with Gasteiger partial charge in [0.2, 0.25) is 17.0 Å². The van der Waals surface area contributed by atoms with E-state index < -0.39 is 0 Å². The first-order valence-corrected chi connectivity index (χ1v) is 7.77. The molecule has 0 bridgehead atoms. The third kappa shape index (κ3) is 3.18. The fraction of sp³-hybridized carbons (Fsp3) is 0.357. The molecule has 1 amide bonds. The number of aromatic nitrogens is 3. The summed E-state index contributed by atoms with van der Waals surface area (Å²) < 4.78 is 0. The van der Waals surface area contributed by atoms with Crippen LogP contribution in [0.2, 0.25) is 0 Å². The molecule has 2 aromatic rings. The molecule has 1 heterocycles. The van der Waals surface area contributed by atoms with Crippen LogP contribution in [-0.4, -0.2) is 26.3 Å². The molecule has 0 unspecified atom stereocenters. The topological polar surface area (TPSA) is 96.7 Å². The normalized spacial score (nSPS) is 14.7. The van der Waals surface area contributed by atoms with Gasteiger partial charge in [0.15, 0.2) is 0 Å². The van der Waals surface area contributed by atoms with Crippen molar-refractivity contribution in [1.29, 1.82) is 0 Å². The van der Waals surface area contributed by atoms with Crippen LogP contribution in [0.5, 0.6) is 0 Å². The van der Waals surface area contributed by atoms with Crippen molar-refractivity contribution in [2.75, 3.05) is 11.1 Å². The van der Waals surface area contributed by atoms with Crippen LogP contribution in [0, 0.1) is 0 Å². The van der Waals surface area contributed by atoms with Crippen LogP contribution >= 0.6 is 11.8 Å². The van der Waals surface area contributed by atoms with Gasteiger partial charge in [-0.05, 0) is 49.4 Å².